The number of nitrogens with zero attached hydrogens (tertiary/aromatic N) is 1. The molecule has 0 amide bonds. The van der Waals surface area contributed by atoms with Crippen molar-refractivity contribution < 1.29 is 13.9 Å². The Kier molecular flexibility index (Phi) is 13.3. The first-order valence-electron chi connectivity index (χ1n) is 7.69. The third kappa shape index (κ3) is 10.3. The topological polar surface area (TPSA) is 41.6 Å². The van der Waals surface area contributed by atoms with Crippen LogP contribution in [0.15, 0.2) is 17.0 Å². The average molecular weight is 427 g/mol. The number of hydrogen-bond acceptors (Lipinski definition) is 5. The van der Waals surface area contributed by atoms with Crippen molar-refractivity contribution in [1.29, 1.82) is 0 Å². The molecule has 0 spiro atoms. The summed E-state index contributed by atoms with van der Waals surface area (Å²) < 4.78 is 18.2. The van der Waals surface area contributed by atoms with Crippen LogP contribution in [-0.2, 0) is 9.53 Å². The number of anilines is 1. The van der Waals surface area contributed by atoms with Crippen molar-refractivity contribution in [2.45, 2.75) is 25.7 Å². The molecule has 0 heterocycles. The maximum atomic E-state index is 13.5. The standard InChI is InChI=1S/C10H9ClFNO2S3.C6H15N/c1-15-9(14)4-18-8-3-7(13-10(16)17)6(12)2-5(8)11;1-4-7(5-2)6-3/h2-3H,4H2,1H3,(H2,13,16,17);4-6H2,1-3H3. The SMILES string of the molecule is CCN(CC)CC.COC(=O)CSc1cc(NC(=S)S)c(F)cc1Cl. The molecule has 142 valence electrons. The zero-order chi connectivity index (χ0) is 19.4. The van der Waals surface area contributed by atoms with Crippen LogP contribution in [0.3, 0.4) is 0 Å². The summed E-state index contributed by atoms with van der Waals surface area (Å²) in [5.41, 5.74) is 0.159. The predicted molar refractivity (Wildman–Crippen MR) is 113 cm³/mol. The maximum Gasteiger partial charge on any atom is 0.315 e. The zero-order valence-corrected chi connectivity index (χ0v) is 18.0. The van der Waals surface area contributed by atoms with Gasteiger partial charge in [-0.25, -0.2) is 4.39 Å². The highest BCUT2D eigenvalue weighted by molar-refractivity contribution is 8.11. The summed E-state index contributed by atoms with van der Waals surface area (Å²) in [5.74, 6) is -0.842. The monoisotopic (exact) mass is 426 g/mol. The molecule has 0 aliphatic carbocycles. The van der Waals surface area contributed by atoms with Gasteiger partial charge in [0.05, 0.1) is 23.6 Å². The van der Waals surface area contributed by atoms with Crippen molar-refractivity contribution in [3.8, 4) is 0 Å². The summed E-state index contributed by atoms with van der Waals surface area (Å²) in [6.07, 6.45) is 0. The Bertz CT molecular complexity index is 567. The second kappa shape index (κ2) is 13.6. The van der Waals surface area contributed by atoms with Crippen LogP contribution in [0.2, 0.25) is 5.02 Å². The van der Waals surface area contributed by atoms with Crippen molar-refractivity contribution in [3.05, 3.63) is 23.0 Å². The second-order valence-corrected chi connectivity index (χ2v) is 7.26. The first-order chi connectivity index (χ1) is 11.8. The Hall–Kier alpha value is -0.540. The van der Waals surface area contributed by atoms with Crippen molar-refractivity contribution in [1.82, 2.24) is 4.90 Å². The van der Waals surface area contributed by atoms with Gasteiger partial charge < -0.3 is 15.0 Å². The number of methoxy groups -OCH3 is 1. The first kappa shape index (κ1) is 24.5. The van der Waals surface area contributed by atoms with Gasteiger partial charge in [-0.15, -0.1) is 24.4 Å². The molecule has 0 fully saturated rings. The second-order valence-electron chi connectivity index (χ2n) is 4.68. The Labute approximate surface area is 169 Å². The van der Waals surface area contributed by atoms with Crippen LogP contribution in [0.25, 0.3) is 0 Å². The third-order valence-electron chi connectivity index (χ3n) is 3.18. The number of ether oxygens (including phenoxy) is 1. The van der Waals surface area contributed by atoms with Crippen molar-refractivity contribution >= 4 is 64.2 Å². The van der Waals surface area contributed by atoms with Gasteiger partial charge in [0.1, 0.15) is 10.1 Å². The highest BCUT2D eigenvalue weighted by Crippen LogP contribution is 2.32. The molecule has 9 heteroatoms. The largest absolute Gasteiger partial charge is 0.468 e. The molecular formula is C16H24ClFN2O2S3. The van der Waals surface area contributed by atoms with Gasteiger partial charge in [-0.2, -0.15) is 0 Å². The number of esters is 1. The van der Waals surface area contributed by atoms with E-state index < -0.39 is 5.82 Å². The summed E-state index contributed by atoms with van der Waals surface area (Å²) in [7, 11) is 1.29. The van der Waals surface area contributed by atoms with Gasteiger partial charge in [-0.1, -0.05) is 44.6 Å². The van der Waals surface area contributed by atoms with Crippen LogP contribution in [0.1, 0.15) is 20.8 Å². The lowest BCUT2D eigenvalue weighted by Crippen LogP contribution is -2.21. The molecule has 1 aromatic rings. The van der Waals surface area contributed by atoms with Crippen LogP contribution in [0.5, 0.6) is 0 Å². The fourth-order valence-electron chi connectivity index (χ4n) is 1.72. The number of hydrogen-bond donors (Lipinski definition) is 2. The Morgan fingerprint density at radius 2 is 1.92 bits per heavy atom. The molecule has 0 bridgehead atoms. The number of carbonyl (C=O) groups excluding carboxylic acids is 1. The predicted octanol–water partition coefficient (Wildman–Crippen LogP) is 4.72. The van der Waals surface area contributed by atoms with Gasteiger partial charge in [0.25, 0.3) is 0 Å². The van der Waals surface area contributed by atoms with Crippen LogP contribution in [0, 0.1) is 5.82 Å². The van der Waals surface area contributed by atoms with Crippen molar-refractivity contribution in [2.75, 3.05) is 37.8 Å². The lowest BCUT2D eigenvalue weighted by molar-refractivity contribution is -0.137. The number of thioether (sulfide) groups is 1. The average Bonchev–Trinajstić information content (AvgIpc) is 2.57. The number of thiocarbonyl (C=S) groups is 1. The highest BCUT2D eigenvalue weighted by Gasteiger charge is 2.11. The van der Waals surface area contributed by atoms with Gasteiger partial charge in [-0.05, 0) is 31.8 Å². The van der Waals surface area contributed by atoms with E-state index in [1.54, 1.807) is 0 Å². The lowest BCUT2D eigenvalue weighted by atomic mass is 10.3. The molecule has 0 saturated carbocycles. The molecule has 0 atom stereocenters. The fraction of sp³-hybridized carbons (Fsp3) is 0.500. The van der Waals surface area contributed by atoms with Crippen LogP contribution < -0.4 is 5.32 Å². The van der Waals surface area contributed by atoms with Crippen molar-refractivity contribution in [2.24, 2.45) is 0 Å². The van der Waals surface area contributed by atoms with Gasteiger partial charge >= 0.3 is 5.97 Å². The molecule has 0 aliphatic heterocycles. The summed E-state index contributed by atoms with van der Waals surface area (Å²) in [6.45, 7) is 10.1. The number of halogens is 2. The minimum Gasteiger partial charge on any atom is -0.468 e. The number of carbonyl (C=O) groups is 1. The Morgan fingerprint density at radius 1 is 1.36 bits per heavy atom. The van der Waals surface area contributed by atoms with E-state index in [1.807, 2.05) is 0 Å². The summed E-state index contributed by atoms with van der Waals surface area (Å²) in [5, 5.41) is 2.79. The normalized spacial score (nSPS) is 10.1. The molecular weight excluding hydrogens is 403 g/mol. The van der Waals surface area contributed by atoms with E-state index >= 15 is 0 Å². The lowest BCUT2D eigenvalue weighted by Gasteiger charge is -2.13. The van der Waals surface area contributed by atoms with Crippen LogP contribution in [-0.4, -0.2) is 47.7 Å². The summed E-state index contributed by atoms with van der Waals surface area (Å²) in [6, 6.07) is 2.61. The van der Waals surface area contributed by atoms with E-state index in [0.29, 0.717) is 4.90 Å². The van der Waals surface area contributed by atoms with Gasteiger partial charge in [0.2, 0.25) is 0 Å². The van der Waals surface area contributed by atoms with E-state index in [2.05, 4.69) is 48.4 Å². The number of nitrogens with one attached hydrogen (secondary N) is 1. The molecule has 0 unspecified atom stereocenters. The van der Waals surface area contributed by atoms with Gasteiger partial charge in [-0.3, -0.25) is 4.79 Å². The van der Waals surface area contributed by atoms with Crippen LogP contribution in [0.4, 0.5) is 10.1 Å². The first-order valence-corrected chi connectivity index (χ1v) is 9.91. The summed E-state index contributed by atoms with van der Waals surface area (Å²) in [4.78, 5) is 13.9. The maximum absolute atomic E-state index is 13.5. The molecule has 0 saturated heterocycles. The highest BCUT2D eigenvalue weighted by atomic mass is 35.5. The van der Waals surface area contributed by atoms with Gasteiger partial charge in [0.15, 0.2) is 0 Å². The number of rotatable bonds is 7. The molecule has 4 nitrogen and oxygen atoms in total. The van der Waals surface area contributed by atoms with Crippen LogP contribution >= 0.6 is 48.2 Å². The van der Waals surface area contributed by atoms with Gasteiger partial charge in [0, 0.05) is 4.90 Å². The molecule has 1 aromatic carbocycles. The van der Waals surface area contributed by atoms with E-state index in [0.717, 1.165) is 17.8 Å². The van der Waals surface area contributed by atoms with E-state index in [4.69, 9.17) is 23.8 Å². The fourth-order valence-corrected chi connectivity index (χ4v) is 3.05. The summed E-state index contributed by atoms with van der Waals surface area (Å²) >= 11 is 15.6. The third-order valence-corrected chi connectivity index (χ3v) is 4.85. The van der Waals surface area contributed by atoms with E-state index in [9.17, 15) is 9.18 Å². The molecule has 1 N–H and O–H groups in total. The molecule has 0 aromatic heterocycles. The van der Waals surface area contributed by atoms with E-state index in [1.165, 1.54) is 32.8 Å². The van der Waals surface area contributed by atoms with E-state index in [-0.39, 0.29) is 26.8 Å². The minimum atomic E-state index is -0.543. The van der Waals surface area contributed by atoms with Crippen molar-refractivity contribution in [3.63, 3.8) is 0 Å². The zero-order valence-electron chi connectivity index (χ0n) is 14.8. The molecule has 0 aliphatic rings. The number of thiol groups is 1. The molecule has 1 rings (SSSR count). The molecule has 25 heavy (non-hydrogen) atoms. The Morgan fingerprint density at radius 3 is 2.32 bits per heavy atom. The molecule has 0 radical (unpaired) electrons. The Balaban J connectivity index is 0.000000697. The number of benzene rings is 1. The quantitative estimate of drug-likeness (QED) is 0.284. The smallest absolute Gasteiger partial charge is 0.315 e. The minimum absolute atomic E-state index is 0.0899.